The predicted molar refractivity (Wildman–Crippen MR) is 94.7 cm³/mol. The third kappa shape index (κ3) is 5.54. The quantitative estimate of drug-likeness (QED) is 0.741. The van der Waals surface area contributed by atoms with Crippen LogP contribution < -0.4 is 5.56 Å². The molecule has 2 aliphatic heterocycles. The fraction of sp³-hybridized carbons (Fsp3) is 0.722. The van der Waals surface area contributed by atoms with Crippen LogP contribution in [0.1, 0.15) is 25.0 Å². The number of carbonyl (C=O) groups is 1. The Morgan fingerprint density at radius 1 is 1.14 bits per heavy atom. The summed E-state index contributed by atoms with van der Waals surface area (Å²) in [4.78, 5) is 31.3. The van der Waals surface area contributed by atoms with Crippen LogP contribution in [0.4, 0.5) is 13.2 Å². The van der Waals surface area contributed by atoms with Crippen molar-refractivity contribution >= 4 is 5.91 Å². The van der Waals surface area contributed by atoms with E-state index in [1.807, 2.05) is 4.90 Å². The third-order valence-corrected chi connectivity index (χ3v) is 5.31. The second kappa shape index (κ2) is 9.04. The number of ether oxygens (including phenoxy) is 1. The van der Waals surface area contributed by atoms with Gasteiger partial charge in [0, 0.05) is 38.9 Å². The molecule has 0 aliphatic carbocycles. The summed E-state index contributed by atoms with van der Waals surface area (Å²) in [5, 5.41) is 0. The largest absolute Gasteiger partial charge is 0.433 e. The fourth-order valence-electron chi connectivity index (χ4n) is 3.62. The molecule has 0 aromatic carbocycles. The molecule has 1 aromatic rings. The summed E-state index contributed by atoms with van der Waals surface area (Å²) < 4.78 is 44.3. The van der Waals surface area contributed by atoms with Crippen LogP contribution >= 0.6 is 0 Å². The maximum Gasteiger partial charge on any atom is 0.433 e. The molecule has 1 aromatic heterocycles. The van der Waals surface area contributed by atoms with Crippen molar-refractivity contribution < 1.29 is 22.7 Å². The van der Waals surface area contributed by atoms with Crippen molar-refractivity contribution in [2.75, 3.05) is 45.9 Å². The Hall–Kier alpha value is -1.94. The first-order valence-electron chi connectivity index (χ1n) is 9.54. The first kappa shape index (κ1) is 20.8. The lowest BCUT2D eigenvalue weighted by Crippen LogP contribution is -2.43. The van der Waals surface area contributed by atoms with Gasteiger partial charge in [-0.2, -0.15) is 13.2 Å². The zero-order valence-electron chi connectivity index (χ0n) is 15.7. The highest BCUT2D eigenvalue weighted by atomic mass is 19.4. The molecule has 3 heterocycles. The van der Waals surface area contributed by atoms with Gasteiger partial charge in [-0.15, -0.1) is 0 Å². The number of rotatable bonds is 5. The van der Waals surface area contributed by atoms with Crippen LogP contribution in [0.3, 0.4) is 0 Å². The highest BCUT2D eigenvalue weighted by Gasteiger charge is 2.33. The smallest absolute Gasteiger partial charge is 0.372 e. The molecular weight excluding hydrogens is 377 g/mol. The molecule has 28 heavy (non-hydrogen) atoms. The van der Waals surface area contributed by atoms with E-state index in [0.29, 0.717) is 25.8 Å². The Labute approximate surface area is 161 Å². The van der Waals surface area contributed by atoms with Gasteiger partial charge in [-0.05, 0) is 38.3 Å². The lowest BCUT2D eigenvalue weighted by molar-refractivity contribution is -0.141. The summed E-state index contributed by atoms with van der Waals surface area (Å²) in [6.45, 7) is 5.01. The maximum atomic E-state index is 12.6. The number of likely N-dealkylation sites (tertiary alicyclic amines) is 1. The summed E-state index contributed by atoms with van der Waals surface area (Å²) in [5.74, 6) is 0.252. The van der Waals surface area contributed by atoms with Crippen LogP contribution in [0.5, 0.6) is 0 Å². The van der Waals surface area contributed by atoms with Crippen molar-refractivity contribution in [3.05, 3.63) is 28.4 Å². The molecule has 0 N–H and O–H groups in total. The molecule has 0 spiro atoms. The van der Waals surface area contributed by atoms with Crippen LogP contribution in [0, 0.1) is 5.92 Å². The van der Waals surface area contributed by atoms with Gasteiger partial charge in [0.2, 0.25) is 5.91 Å². The minimum atomic E-state index is -4.61. The van der Waals surface area contributed by atoms with Gasteiger partial charge in [0.1, 0.15) is 6.61 Å². The van der Waals surface area contributed by atoms with Gasteiger partial charge >= 0.3 is 6.18 Å². The highest BCUT2D eigenvalue weighted by molar-refractivity contribution is 5.77. The second-order valence-electron chi connectivity index (χ2n) is 7.33. The molecule has 7 nitrogen and oxygen atoms in total. The topological polar surface area (TPSA) is 67.7 Å². The monoisotopic (exact) mass is 402 g/mol. The van der Waals surface area contributed by atoms with Gasteiger partial charge in [0.05, 0.1) is 6.33 Å². The van der Waals surface area contributed by atoms with Crippen LogP contribution in [-0.2, 0) is 22.3 Å². The second-order valence-corrected chi connectivity index (χ2v) is 7.33. The fourth-order valence-corrected chi connectivity index (χ4v) is 3.62. The van der Waals surface area contributed by atoms with Crippen molar-refractivity contribution in [2.45, 2.75) is 32.0 Å². The molecule has 0 saturated carbocycles. The van der Waals surface area contributed by atoms with E-state index in [0.717, 1.165) is 51.8 Å². The van der Waals surface area contributed by atoms with Gasteiger partial charge in [0.15, 0.2) is 5.69 Å². The van der Waals surface area contributed by atoms with Gasteiger partial charge in [-0.3, -0.25) is 14.2 Å². The normalized spacial score (nSPS) is 20.4. The lowest BCUT2D eigenvalue weighted by atomic mass is 9.96. The molecule has 0 radical (unpaired) electrons. The van der Waals surface area contributed by atoms with Crippen LogP contribution in [0.15, 0.2) is 17.2 Å². The van der Waals surface area contributed by atoms with Gasteiger partial charge in [-0.25, -0.2) is 4.98 Å². The summed E-state index contributed by atoms with van der Waals surface area (Å²) in [5.41, 5.74) is -1.83. The average Bonchev–Trinajstić information content (AvgIpc) is 2.86. The number of aromatic nitrogens is 2. The first-order chi connectivity index (χ1) is 13.3. The summed E-state index contributed by atoms with van der Waals surface area (Å²) in [6.07, 6.45) is -1.06. The van der Waals surface area contributed by atoms with Crippen molar-refractivity contribution in [1.82, 2.24) is 19.4 Å². The van der Waals surface area contributed by atoms with Crippen LogP contribution in [0.25, 0.3) is 0 Å². The van der Waals surface area contributed by atoms with E-state index in [9.17, 15) is 22.8 Å². The van der Waals surface area contributed by atoms with Crippen molar-refractivity contribution in [3.8, 4) is 0 Å². The Morgan fingerprint density at radius 2 is 1.89 bits per heavy atom. The highest BCUT2D eigenvalue weighted by Crippen LogP contribution is 2.26. The van der Waals surface area contributed by atoms with Gasteiger partial charge in [-0.1, -0.05) is 0 Å². The zero-order chi connectivity index (χ0) is 20.1. The van der Waals surface area contributed by atoms with E-state index in [2.05, 4.69) is 9.88 Å². The van der Waals surface area contributed by atoms with E-state index < -0.39 is 17.4 Å². The summed E-state index contributed by atoms with van der Waals surface area (Å²) in [6, 6.07) is 0.553. The molecule has 156 valence electrons. The molecule has 1 amide bonds. The van der Waals surface area contributed by atoms with E-state index >= 15 is 0 Å². The molecular formula is C18H25F3N4O3. The van der Waals surface area contributed by atoms with E-state index in [1.54, 1.807) is 0 Å². The Balaban J connectivity index is 1.45. The van der Waals surface area contributed by atoms with Gasteiger partial charge in [0.25, 0.3) is 5.56 Å². The molecule has 2 fully saturated rings. The third-order valence-electron chi connectivity index (χ3n) is 5.31. The molecule has 0 unspecified atom stereocenters. The molecule has 0 bridgehead atoms. The number of alkyl halides is 3. The minimum Gasteiger partial charge on any atom is -0.372 e. The standard InChI is InChI=1S/C18H25F3N4O3/c19-18(20,21)15-10-16(26)25(13-22-15)11-14-2-5-23(6-3-14)7-8-24-4-1-9-28-12-17(24)27/h10,13-14H,1-9,11-12H2. The molecule has 10 heteroatoms. The maximum absolute atomic E-state index is 12.6. The number of carbonyl (C=O) groups excluding carboxylic acids is 1. The van der Waals surface area contributed by atoms with E-state index in [1.165, 1.54) is 4.57 Å². The van der Waals surface area contributed by atoms with Crippen molar-refractivity contribution in [3.63, 3.8) is 0 Å². The number of hydrogen-bond acceptors (Lipinski definition) is 5. The van der Waals surface area contributed by atoms with Crippen LogP contribution in [0.2, 0.25) is 0 Å². The Morgan fingerprint density at radius 3 is 2.57 bits per heavy atom. The molecule has 2 aliphatic rings. The molecule has 0 atom stereocenters. The first-order valence-corrected chi connectivity index (χ1v) is 9.54. The number of amides is 1. The van der Waals surface area contributed by atoms with E-state index in [-0.39, 0.29) is 18.4 Å². The number of halogens is 3. The molecule has 2 saturated heterocycles. The number of piperidine rings is 1. The van der Waals surface area contributed by atoms with Crippen molar-refractivity contribution in [2.24, 2.45) is 5.92 Å². The molecule has 3 rings (SSSR count). The van der Waals surface area contributed by atoms with Crippen molar-refractivity contribution in [1.29, 1.82) is 0 Å². The van der Waals surface area contributed by atoms with Crippen LogP contribution in [-0.4, -0.2) is 71.2 Å². The number of nitrogens with zero attached hydrogens (tertiary/aromatic N) is 4. The number of hydrogen-bond donors (Lipinski definition) is 0. The SMILES string of the molecule is O=C1COCCCN1CCN1CCC(Cn2cnc(C(F)(F)F)cc2=O)CC1. The Bertz CT molecular complexity index is 730. The minimum absolute atomic E-state index is 0.0292. The average molecular weight is 402 g/mol. The van der Waals surface area contributed by atoms with E-state index in [4.69, 9.17) is 4.74 Å². The Kier molecular flexibility index (Phi) is 6.71. The van der Waals surface area contributed by atoms with Gasteiger partial charge < -0.3 is 14.5 Å². The lowest BCUT2D eigenvalue weighted by Gasteiger charge is -2.33. The zero-order valence-corrected chi connectivity index (χ0v) is 15.7. The summed E-state index contributed by atoms with van der Waals surface area (Å²) in [7, 11) is 0. The predicted octanol–water partition coefficient (Wildman–Crippen LogP) is 1.22. The summed E-state index contributed by atoms with van der Waals surface area (Å²) >= 11 is 0.